The van der Waals surface area contributed by atoms with Gasteiger partial charge in [0.1, 0.15) is 5.82 Å². The van der Waals surface area contributed by atoms with Gasteiger partial charge in [-0.2, -0.15) is 15.2 Å². The Hall–Kier alpha value is -3.47. The van der Waals surface area contributed by atoms with Crippen molar-refractivity contribution in [3.8, 4) is 11.8 Å². The number of carbonyl (C=O) groups is 1. The second-order valence-corrected chi connectivity index (χ2v) is 5.43. The molecule has 1 atom stereocenters. The van der Waals surface area contributed by atoms with Gasteiger partial charge in [-0.3, -0.25) is 4.79 Å². The van der Waals surface area contributed by atoms with Gasteiger partial charge in [0.25, 0.3) is 0 Å². The molecule has 0 spiro atoms. The van der Waals surface area contributed by atoms with E-state index in [1.54, 1.807) is 19.9 Å². The number of nitriles is 1. The van der Waals surface area contributed by atoms with Gasteiger partial charge in [0.05, 0.1) is 18.0 Å². The SMILES string of the molecule is Cc1cc(C)nc(C(C#N)C(=O)c2cnn(-c3ccc(F)cc3)n2)n1. The maximum Gasteiger partial charge on any atom is 0.209 e. The molecule has 0 aliphatic heterocycles. The third-order valence-electron chi connectivity index (χ3n) is 3.45. The van der Waals surface area contributed by atoms with Gasteiger partial charge < -0.3 is 0 Å². The molecule has 0 N–H and O–H groups in total. The molecule has 0 aliphatic carbocycles. The first-order chi connectivity index (χ1) is 12.0. The Morgan fingerprint density at radius 3 is 2.44 bits per heavy atom. The summed E-state index contributed by atoms with van der Waals surface area (Å²) in [6.45, 7) is 3.53. The van der Waals surface area contributed by atoms with Crippen molar-refractivity contribution in [2.75, 3.05) is 0 Å². The first-order valence-electron chi connectivity index (χ1n) is 7.42. The molecule has 1 unspecified atom stereocenters. The Morgan fingerprint density at radius 1 is 1.20 bits per heavy atom. The molecule has 124 valence electrons. The van der Waals surface area contributed by atoms with E-state index < -0.39 is 11.7 Å². The third-order valence-corrected chi connectivity index (χ3v) is 3.45. The highest BCUT2D eigenvalue weighted by Crippen LogP contribution is 2.17. The molecule has 0 radical (unpaired) electrons. The quantitative estimate of drug-likeness (QED) is 0.678. The molecule has 2 heterocycles. The second-order valence-electron chi connectivity index (χ2n) is 5.43. The van der Waals surface area contributed by atoms with Gasteiger partial charge in [0.15, 0.2) is 17.4 Å². The summed E-state index contributed by atoms with van der Waals surface area (Å²) in [5.41, 5.74) is 1.85. The average Bonchev–Trinajstić information content (AvgIpc) is 3.05. The fourth-order valence-corrected chi connectivity index (χ4v) is 2.34. The molecule has 7 nitrogen and oxygen atoms in total. The highest BCUT2D eigenvalue weighted by atomic mass is 19.1. The Balaban J connectivity index is 1.92. The molecule has 0 fully saturated rings. The van der Waals surface area contributed by atoms with Crippen molar-refractivity contribution in [3.05, 3.63) is 65.3 Å². The van der Waals surface area contributed by atoms with Crippen molar-refractivity contribution in [1.82, 2.24) is 25.0 Å². The van der Waals surface area contributed by atoms with Crippen LogP contribution in [0.1, 0.15) is 33.6 Å². The first kappa shape index (κ1) is 16.4. The Morgan fingerprint density at radius 2 is 1.84 bits per heavy atom. The molecule has 3 rings (SSSR count). The number of benzene rings is 1. The van der Waals surface area contributed by atoms with E-state index in [9.17, 15) is 14.4 Å². The van der Waals surface area contributed by atoms with Gasteiger partial charge in [0.2, 0.25) is 5.78 Å². The number of hydrogen-bond donors (Lipinski definition) is 0. The maximum absolute atomic E-state index is 13.0. The van der Waals surface area contributed by atoms with Gasteiger partial charge >= 0.3 is 0 Å². The zero-order valence-corrected chi connectivity index (χ0v) is 13.5. The van der Waals surface area contributed by atoms with Crippen LogP contribution in [0, 0.1) is 31.0 Å². The molecule has 0 aliphatic rings. The van der Waals surface area contributed by atoms with Gasteiger partial charge in [-0.25, -0.2) is 14.4 Å². The standard InChI is InChI=1S/C17H13FN6O/c1-10-7-11(2)22-17(21-10)14(8-19)16(25)15-9-20-24(23-15)13-5-3-12(18)4-6-13/h3-7,9,14H,1-2H3. The second kappa shape index (κ2) is 6.57. The van der Waals surface area contributed by atoms with Gasteiger partial charge in [-0.05, 0) is 44.2 Å². The zero-order chi connectivity index (χ0) is 18.0. The lowest BCUT2D eigenvalue weighted by Gasteiger charge is -2.07. The molecule has 0 bridgehead atoms. The molecule has 8 heteroatoms. The minimum absolute atomic E-state index is 0.0126. The molecular weight excluding hydrogens is 323 g/mol. The number of aromatic nitrogens is 5. The van der Waals surface area contributed by atoms with Crippen molar-refractivity contribution < 1.29 is 9.18 Å². The Labute approximate surface area is 142 Å². The number of rotatable bonds is 4. The monoisotopic (exact) mass is 336 g/mol. The fourth-order valence-electron chi connectivity index (χ4n) is 2.34. The van der Waals surface area contributed by atoms with Crippen LogP contribution in [-0.2, 0) is 0 Å². The smallest absolute Gasteiger partial charge is 0.209 e. The van der Waals surface area contributed by atoms with Crippen molar-refractivity contribution >= 4 is 5.78 Å². The summed E-state index contributed by atoms with van der Waals surface area (Å²) in [6.07, 6.45) is 1.26. The molecule has 2 aromatic heterocycles. The van der Waals surface area contributed by atoms with Crippen LogP contribution in [0.2, 0.25) is 0 Å². The average molecular weight is 336 g/mol. The molecule has 0 saturated carbocycles. The Bertz CT molecular complexity index is 953. The van der Waals surface area contributed by atoms with Crippen molar-refractivity contribution in [2.24, 2.45) is 0 Å². The van der Waals surface area contributed by atoms with Gasteiger partial charge in [-0.15, -0.1) is 5.10 Å². The van der Waals surface area contributed by atoms with Crippen LogP contribution < -0.4 is 0 Å². The van der Waals surface area contributed by atoms with E-state index in [1.807, 2.05) is 6.07 Å². The summed E-state index contributed by atoms with van der Waals surface area (Å²) in [7, 11) is 0. The van der Waals surface area contributed by atoms with Crippen molar-refractivity contribution in [3.63, 3.8) is 0 Å². The number of halogens is 1. The van der Waals surface area contributed by atoms with Crippen LogP contribution in [0.25, 0.3) is 5.69 Å². The van der Waals surface area contributed by atoms with E-state index in [-0.39, 0.29) is 17.3 Å². The number of aryl methyl sites for hydroxylation is 2. The van der Waals surface area contributed by atoms with E-state index in [0.29, 0.717) is 17.1 Å². The van der Waals surface area contributed by atoms with Crippen LogP contribution in [-0.4, -0.2) is 30.7 Å². The summed E-state index contributed by atoms with van der Waals surface area (Å²) in [6, 6.07) is 9.18. The molecule has 25 heavy (non-hydrogen) atoms. The molecule has 3 aromatic rings. The van der Waals surface area contributed by atoms with E-state index in [2.05, 4.69) is 20.2 Å². The summed E-state index contributed by atoms with van der Waals surface area (Å²) in [5.74, 6) is -1.96. The number of Topliss-reactive ketones (excluding diaryl/α,β-unsaturated/α-hetero) is 1. The van der Waals surface area contributed by atoms with E-state index in [1.165, 1.54) is 35.3 Å². The lowest BCUT2D eigenvalue weighted by molar-refractivity contribution is 0.0971. The van der Waals surface area contributed by atoms with Crippen LogP contribution in [0.5, 0.6) is 0 Å². The van der Waals surface area contributed by atoms with Crippen LogP contribution >= 0.6 is 0 Å². The first-order valence-corrected chi connectivity index (χ1v) is 7.42. The third kappa shape index (κ3) is 3.40. The molecular formula is C17H13FN6O. The van der Waals surface area contributed by atoms with Gasteiger partial charge in [-0.1, -0.05) is 0 Å². The lowest BCUT2D eigenvalue weighted by Crippen LogP contribution is -2.16. The fraction of sp³-hybridized carbons (Fsp3) is 0.176. The predicted molar refractivity (Wildman–Crippen MR) is 85.5 cm³/mol. The minimum Gasteiger partial charge on any atom is -0.290 e. The highest BCUT2D eigenvalue weighted by Gasteiger charge is 2.27. The van der Waals surface area contributed by atoms with E-state index in [4.69, 9.17) is 0 Å². The maximum atomic E-state index is 13.0. The van der Waals surface area contributed by atoms with Crippen LogP contribution in [0.15, 0.2) is 36.5 Å². The number of carbonyl (C=O) groups excluding carboxylic acids is 1. The molecule has 0 amide bonds. The van der Waals surface area contributed by atoms with E-state index >= 15 is 0 Å². The van der Waals surface area contributed by atoms with Crippen molar-refractivity contribution in [2.45, 2.75) is 19.8 Å². The van der Waals surface area contributed by atoms with Gasteiger partial charge in [0, 0.05) is 11.4 Å². The molecule has 1 aromatic carbocycles. The predicted octanol–water partition coefficient (Wildman–Crippen LogP) is 2.30. The minimum atomic E-state index is -1.17. The lowest BCUT2D eigenvalue weighted by atomic mass is 10.0. The number of ketones is 1. The zero-order valence-electron chi connectivity index (χ0n) is 13.5. The Kier molecular flexibility index (Phi) is 4.31. The largest absolute Gasteiger partial charge is 0.290 e. The summed E-state index contributed by atoms with van der Waals surface area (Å²) >= 11 is 0. The summed E-state index contributed by atoms with van der Waals surface area (Å²) < 4.78 is 13.0. The van der Waals surface area contributed by atoms with Crippen LogP contribution in [0.3, 0.4) is 0 Å². The van der Waals surface area contributed by atoms with Crippen molar-refractivity contribution in [1.29, 1.82) is 5.26 Å². The normalized spacial score (nSPS) is 11.8. The molecule has 0 saturated heterocycles. The number of nitrogens with zero attached hydrogens (tertiary/aromatic N) is 6. The topological polar surface area (TPSA) is 97.3 Å². The van der Waals surface area contributed by atoms with E-state index in [0.717, 1.165) is 0 Å². The number of hydrogen-bond acceptors (Lipinski definition) is 6. The highest BCUT2D eigenvalue weighted by molar-refractivity contribution is 6.00. The summed E-state index contributed by atoms with van der Waals surface area (Å²) in [5, 5.41) is 17.5. The van der Waals surface area contributed by atoms with Crippen LogP contribution in [0.4, 0.5) is 4.39 Å². The summed E-state index contributed by atoms with van der Waals surface area (Å²) in [4.78, 5) is 22.2.